The van der Waals surface area contributed by atoms with Gasteiger partial charge in [-0.1, -0.05) is 0 Å². The van der Waals surface area contributed by atoms with Gasteiger partial charge < -0.3 is 10.0 Å². The van der Waals surface area contributed by atoms with Crippen LogP contribution in [0.25, 0.3) is 0 Å². The SMILES string of the molecule is CC(O)CCN1CCCC(C(F)(F)F)C1. The molecule has 15 heavy (non-hydrogen) atoms. The van der Waals surface area contributed by atoms with E-state index in [9.17, 15) is 13.2 Å². The third kappa shape index (κ3) is 4.38. The van der Waals surface area contributed by atoms with Crippen molar-refractivity contribution < 1.29 is 18.3 Å². The van der Waals surface area contributed by atoms with E-state index in [4.69, 9.17) is 5.11 Å². The van der Waals surface area contributed by atoms with Crippen molar-refractivity contribution in [3.63, 3.8) is 0 Å². The molecule has 2 atom stereocenters. The standard InChI is InChI=1S/C10H18F3NO/c1-8(15)4-6-14-5-2-3-9(7-14)10(11,12)13/h8-9,15H,2-7H2,1H3. The highest BCUT2D eigenvalue weighted by atomic mass is 19.4. The summed E-state index contributed by atoms with van der Waals surface area (Å²) < 4.78 is 37.3. The van der Waals surface area contributed by atoms with E-state index in [2.05, 4.69) is 0 Å². The Morgan fingerprint density at radius 3 is 2.67 bits per heavy atom. The van der Waals surface area contributed by atoms with Crippen LogP contribution in [-0.2, 0) is 0 Å². The zero-order valence-corrected chi connectivity index (χ0v) is 8.93. The lowest BCUT2D eigenvalue weighted by Gasteiger charge is -2.33. The monoisotopic (exact) mass is 225 g/mol. The van der Waals surface area contributed by atoms with Gasteiger partial charge in [-0.25, -0.2) is 0 Å². The zero-order chi connectivity index (χ0) is 11.5. The summed E-state index contributed by atoms with van der Waals surface area (Å²) in [6.07, 6.45) is -3.11. The molecule has 5 heteroatoms. The Labute approximate surface area is 88.1 Å². The summed E-state index contributed by atoms with van der Waals surface area (Å²) in [4.78, 5) is 1.80. The van der Waals surface area contributed by atoms with Crippen molar-refractivity contribution in [2.45, 2.75) is 38.5 Å². The summed E-state index contributed by atoms with van der Waals surface area (Å²) in [6, 6.07) is 0. The molecule has 0 aromatic heterocycles. The minimum atomic E-state index is -4.07. The van der Waals surface area contributed by atoms with Crippen LogP contribution in [0.1, 0.15) is 26.2 Å². The molecular weight excluding hydrogens is 207 g/mol. The third-order valence-corrected chi connectivity index (χ3v) is 2.83. The highest BCUT2D eigenvalue weighted by Crippen LogP contribution is 2.33. The molecule has 1 N–H and O–H groups in total. The molecule has 1 aliphatic heterocycles. The molecule has 1 heterocycles. The molecule has 0 radical (unpaired) electrons. The summed E-state index contributed by atoms with van der Waals surface area (Å²) in [5.41, 5.74) is 0. The number of aliphatic hydroxyl groups is 1. The van der Waals surface area contributed by atoms with Gasteiger partial charge >= 0.3 is 6.18 Å². The van der Waals surface area contributed by atoms with E-state index in [-0.39, 0.29) is 13.0 Å². The van der Waals surface area contributed by atoms with Crippen molar-refractivity contribution in [2.75, 3.05) is 19.6 Å². The van der Waals surface area contributed by atoms with Crippen molar-refractivity contribution >= 4 is 0 Å². The third-order valence-electron chi connectivity index (χ3n) is 2.83. The fraction of sp³-hybridized carbons (Fsp3) is 1.00. The Hall–Kier alpha value is -0.290. The molecule has 2 unspecified atom stereocenters. The highest BCUT2D eigenvalue weighted by molar-refractivity contribution is 4.78. The second-order valence-corrected chi connectivity index (χ2v) is 4.32. The van der Waals surface area contributed by atoms with Crippen LogP contribution in [0.3, 0.4) is 0 Å². The van der Waals surface area contributed by atoms with Gasteiger partial charge in [0.15, 0.2) is 0 Å². The van der Waals surface area contributed by atoms with Gasteiger partial charge in [-0.05, 0) is 32.7 Å². The van der Waals surface area contributed by atoms with E-state index >= 15 is 0 Å². The Balaban J connectivity index is 2.36. The molecule has 0 aliphatic carbocycles. The predicted molar refractivity (Wildman–Crippen MR) is 51.5 cm³/mol. The van der Waals surface area contributed by atoms with Crippen LogP contribution in [0, 0.1) is 5.92 Å². The van der Waals surface area contributed by atoms with Crippen LogP contribution in [-0.4, -0.2) is 41.9 Å². The van der Waals surface area contributed by atoms with Crippen molar-refractivity contribution in [2.24, 2.45) is 5.92 Å². The van der Waals surface area contributed by atoms with E-state index in [1.807, 2.05) is 0 Å². The minimum Gasteiger partial charge on any atom is -0.393 e. The summed E-state index contributed by atoms with van der Waals surface area (Å²) in [5, 5.41) is 9.06. The van der Waals surface area contributed by atoms with Crippen molar-refractivity contribution in [1.29, 1.82) is 0 Å². The lowest BCUT2D eigenvalue weighted by atomic mass is 9.97. The lowest BCUT2D eigenvalue weighted by molar-refractivity contribution is -0.186. The van der Waals surface area contributed by atoms with E-state index in [0.29, 0.717) is 19.4 Å². The van der Waals surface area contributed by atoms with E-state index in [1.165, 1.54) is 0 Å². The van der Waals surface area contributed by atoms with Crippen molar-refractivity contribution in [3.05, 3.63) is 0 Å². The normalized spacial score (nSPS) is 26.6. The number of nitrogens with zero attached hydrogens (tertiary/aromatic N) is 1. The first-order chi connectivity index (χ1) is 6.89. The minimum absolute atomic E-state index is 0.0935. The molecule has 1 aliphatic rings. The van der Waals surface area contributed by atoms with Crippen molar-refractivity contribution in [3.8, 4) is 0 Å². The van der Waals surface area contributed by atoms with Crippen LogP contribution >= 0.6 is 0 Å². The average Bonchev–Trinajstić information content (AvgIpc) is 2.14. The lowest BCUT2D eigenvalue weighted by Crippen LogP contribution is -2.42. The Kier molecular flexibility index (Phi) is 4.40. The second kappa shape index (κ2) is 5.16. The molecule has 0 spiro atoms. The molecule has 1 rings (SSSR count). The van der Waals surface area contributed by atoms with Crippen LogP contribution in [0.4, 0.5) is 13.2 Å². The number of alkyl halides is 3. The quantitative estimate of drug-likeness (QED) is 0.794. The smallest absolute Gasteiger partial charge is 0.393 e. The largest absolute Gasteiger partial charge is 0.393 e. The number of hydrogen-bond acceptors (Lipinski definition) is 2. The van der Waals surface area contributed by atoms with E-state index in [1.54, 1.807) is 11.8 Å². The fourth-order valence-electron chi connectivity index (χ4n) is 1.90. The molecule has 0 saturated carbocycles. The number of aliphatic hydroxyl groups excluding tert-OH is 1. The Morgan fingerprint density at radius 1 is 1.47 bits per heavy atom. The Morgan fingerprint density at radius 2 is 2.13 bits per heavy atom. The van der Waals surface area contributed by atoms with Gasteiger partial charge in [-0.3, -0.25) is 0 Å². The molecule has 90 valence electrons. The zero-order valence-electron chi connectivity index (χ0n) is 8.93. The van der Waals surface area contributed by atoms with E-state index < -0.39 is 18.2 Å². The van der Waals surface area contributed by atoms with Gasteiger partial charge in [0.25, 0.3) is 0 Å². The number of piperidine rings is 1. The molecule has 2 nitrogen and oxygen atoms in total. The van der Waals surface area contributed by atoms with Crippen LogP contribution in [0.2, 0.25) is 0 Å². The molecule has 1 saturated heterocycles. The fourth-order valence-corrected chi connectivity index (χ4v) is 1.90. The van der Waals surface area contributed by atoms with Gasteiger partial charge in [0.2, 0.25) is 0 Å². The Bertz CT molecular complexity index is 194. The van der Waals surface area contributed by atoms with E-state index in [0.717, 1.165) is 6.54 Å². The number of rotatable bonds is 3. The number of hydrogen-bond donors (Lipinski definition) is 1. The average molecular weight is 225 g/mol. The van der Waals surface area contributed by atoms with Crippen LogP contribution in [0.15, 0.2) is 0 Å². The molecule has 0 bridgehead atoms. The molecule has 0 amide bonds. The first kappa shape index (κ1) is 12.8. The highest BCUT2D eigenvalue weighted by Gasteiger charge is 2.41. The topological polar surface area (TPSA) is 23.5 Å². The first-order valence-corrected chi connectivity index (χ1v) is 5.36. The van der Waals surface area contributed by atoms with Crippen molar-refractivity contribution in [1.82, 2.24) is 4.90 Å². The maximum atomic E-state index is 12.4. The number of halogens is 3. The first-order valence-electron chi connectivity index (χ1n) is 5.36. The second-order valence-electron chi connectivity index (χ2n) is 4.32. The number of likely N-dealkylation sites (tertiary alicyclic amines) is 1. The summed E-state index contributed by atoms with van der Waals surface area (Å²) in [6.45, 7) is 3.03. The summed E-state index contributed by atoms with van der Waals surface area (Å²) in [7, 11) is 0. The van der Waals surface area contributed by atoms with Gasteiger partial charge in [0.1, 0.15) is 0 Å². The molecule has 0 aromatic rings. The van der Waals surface area contributed by atoms with Gasteiger partial charge in [-0.2, -0.15) is 13.2 Å². The molecule has 0 aromatic carbocycles. The van der Waals surface area contributed by atoms with Gasteiger partial charge in [0, 0.05) is 13.1 Å². The predicted octanol–water partition coefficient (Wildman–Crippen LogP) is 2.03. The molecule has 1 fully saturated rings. The van der Waals surface area contributed by atoms with Gasteiger partial charge in [-0.15, -0.1) is 0 Å². The maximum Gasteiger partial charge on any atom is 0.393 e. The van der Waals surface area contributed by atoms with Gasteiger partial charge in [0.05, 0.1) is 12.0 Å². The molecular formula is C10H18F3NO. The summed E-state index contributed by atoms with van der Waals surface area (Å²) >= 11 is 0. The summed E-state index contributed by atoms with van der Waals surface area (Å²) in [5.74, 6) is -1.18. The maximum absolute atomic E-state index is 12.4. The van der Waals surface area contributed by atoms with Crippen LogP contribution in [0.5, 0.6) is 0 Å². The van der Waals surface area contributed by atoms with Crippen LogP contribution < -0.4 is 0 Å².